The average molecular weight is 279 g/mol. The fraction of sp³-hybridized carbons (Fsp3) is 0.615. The third-order valence-electron chi connectivity index (χ3n) is 3.84. The van der Waals surface area contributed by atoms with Crippen molar-refractivity contribution in [1.82, 2.24) is 14.9 Å². The lowest BCUT2D eigenvalue weighted by atomic mass is 10.2. The summed E-state index contributed by atoms with van der Waals surface area (Å²) < 4.78 is 0. The third-order valence-corrected chi connectivity index (χ3v) is 3.84. The predicted octanol–water partition coefficient (Wildman–Crippen LogP) is -0.867. The highest BCUT2D eigenvalue weighted by molar-refractivity contribution is 5.95. The Balaban J connectivity index is 1.90. The molecule has 1 amide bonds. The molecule has 3 N–H and O–H groups in total. The number of aromatic nitrogens is 2. The molecule has 1 aromatic heterocycles. The predicted molar refractivity (Wildman–Crippen MR) is 69.5 cm³/mol. The van der Waals surface area contributed by atoms with Crippen LogP contribution in [0.4, 0.5) is 0 Å². The van der Waals surface area contributed by atoms with E-state index in [2.05, 4.69) is 9.97 Å². The van der Waals surface area contributed by atoms with Gasteiger partial charge in [-0.1, -0.05) is 0 Å². The number of aliphatic hydroxyl groups is 2. The molecular weight excluding hydrogens is 262 g/mol. The molecule has 1 aliphatic heterocycles. The highest BCUT2D eigenvalue weighted by Gasteiger charge is 2.35. The van der Waals surface area contributed by atoms with Crippen LogP contribution in [0.15, 0.2) is 4.79 Å². The molecule has 1 aliphatic carbocycles. The third kappa shape index (κ3) is 2.23. The number of H-pyrrole nitrogens is 1. The van der Waals surface area contributed by atoms with Crippen molar-refractivity contribution in [1.29, 1.82) is 0 Å². The number of rotatable bonds is 2. The van der Waals surface area contributed by atoms with Gasteiger partial charge in [-0.3, -0.25) is 9.59 Å². The molecule has 0 aromatic carbocycles. The molecule has 20 heavy (non-hydrogen) atoms. The minimum atomic E-state index is -0.961. The van der Waals surface area contributed by atoms with Gasteiger partial charge in [-0.2, -0.15) is 0 Å². The number of hydrogen-bond donors (Lipinski definition) is 3. The smallest absolute Gasteiger partial charge is 0.264 e. The largest absolute Gasteiger partial charge is 0.388 e. The van der Waals surface area contributed by atoms with Crippen LogP contribution in [0.25, 0.3) is 0 Å². The van der Waals surface area contributed by atoms with Gasteiger partial charge < -0.3 is 20.1 Å². The molecule has 1 saturated carbocycles. The van der Waals surface area contributed by atoms with E-state index in [0.717, 1.165) is 12.8 Å². The highest BCUT2D eigenvalue weighted by atomic mass is 16.3. The first-order chi connectivity index (χ1) is 9.47. The maximum absolute atomic E-state index is 12.3. The van der Waals surface area contributed by atoms with Crippen LogP contribution >= 0.6 is 0 Å². The second kappa shape index (κ2) is 4.68. The number of likely N-dealkylation sites (tertiary alicyclic amines) is 1. The van der Waals surface area contributed by atoms with Gasteiger partial charge in [0.15, 0.2) is 0 Å². The van der Waals surface area contributed by atoms with Gasteiger partial charge in [0.2, 0.25) is 0 Å². The summed E-state index contributed by atoms with van der Waals surface area (Å²) in [5, 5.41) is 19.0. The minimum absolute atomic E-state index is 0.00398. The zero-order chi connectivity index (χ0) is 14.4. The number of β-amino-alcohol motifs (C(OH)–C–C–N with tert-alkyl or cyclic N) is 2. The van der Waals surface area contributed by atoms with Crippen molar-refractivity contribution in [3.05, 3.63) is 27.4 Å². The van der Waals surface area contributed by atoms with E-state index in [4.69, 9.17) is 0 Å². The van der Waals surface area contributed by atoms with Crippen molar-refractivity contribution >= 4 is 5.91 Å². The van der Waals surface area contributed by atoms with Crippen LogP contribution in [0.2, 0.25) is 0 Å². The molecular formula is C13H17N3O4. The summed E-state index contributed by atoms with van der Waals surface area (Å²) in [6, 6.07) is 0. The van der Waals surface area contributed by atoms with Gasteiger partial charge in [-0.05, 0) is 19.8 Å². The van der Waals surface area contributed by atoms with E-state index in [1.807, 2.05) is 0 Å². The zero-order valence-corrected chi connectivity index (χ0v) is 11.2. The Morgan fingerprint density at radius 3 is 2.40 bits per heavy atom. The topological polar surface area (TPSA) is 107 Å². The zero-order valence-electron chi connectivity index (χ0n) is 11.2. The molecule has 2 atom stereocenters. The Kier molecular flexibility index (Phi) is 3.10. The van der Waals surface area contributed by atoms with E-state index in [9.17, 15) is 19.8 Å². The highest BCUT2D eigenvalue weighted by Crippen LogP contribution is 2.37. The molecule has 108 valence electrons. The number of aryl methyl sites for hydroxylation is 1. The van der Waals surface area contributed by atoms with Crippen molar-refractivity contribution in [3.8, 4) is 0 Å². The van der Waals surface area contributed by atoms with E-state index in [-0.39, 0.29) is 18.7 Å². The number of carbonyl (C=O) groups is 1. The molecule has 3 rings (SSSR count). The van der Waals surface area contributed by atoms with Crippen molar-refractivity contribution in [2.45, 2.75) is 37.9 Å². The van der Waals surface area contributed by atoms with E-state index in [0.29, 0.717) is 17.4 Å². The summed E-state index contributed by atoms with van der Waals surface area (Å²) in [4.78, 5) is 32.7. The maximum atomic E-state index is 12.3. The van der Waals surface area contributed by atoms with Gasteiger partial charge in [0.1, 0.15) is 11.4 Å². The first kappa shape index (κ1) is 13.3. The van der Waals surface area contributed by atoms with E-state index >= 15 is 0 Å². The SMILES string of the molecule is Cc1nc(C2CC2)[nH]c(=O)c1C(=O)N1CC(O)C(O)C1. The maximum Gasteiger partial charge on any atom is 0.264 e. The molecule has 7 heteroatoms. The van der Waals surface area contributed by atoms with Gasteiger partial charge in [-0.25, -0.2) is 4.98 Å². The van der Waals surface area contributed by atoms with Crippen LogP contribution in [-0.2, 0) is 0 Å². The Labute approximate surface area is 115 Å². The number of hydrogen-bond acceptors (Lipinski definition) is 5. The van der Waals surface area contributed by atoms with Crippen molar-refractivity contribution in [2.24, 2.45) is 0 Å². The molecule has 1 aromatic rings. The van der Waals surface area contributed by atoms with Crippen LogP contribution in [0, 0.1) is 6.92 Å². The molecule has 2 unspecified atom stereocenters. The first-order valence-electron chi connectivity index (χ1n) is 6.73. The fourth-order valence-corrected chi connectivity index (χ4v) is 2.50. The lowest BCUT2D eigenvalue weighted by molar-refractivity contribution is 0.0572. The molecule has 2 heterocycles. The quantitative estimate of drug-likeness (QED) is 0.652. The normalized spacial score (nSPS) is 26.1. The first-order valence-corrected chi connectivity index (χ1v) is 6.73. The Hall–Kier alpha value is -1.73. The summed E-state index contributed by atoms with van der Waals surface area (Å²) in [7, 11) is 0. The lowest BCUT2D eigenvalue weighted by Crippen LogP contribution is -2.35. The summed E-state index contributed by atoms with van der Waals surface area (Å²) in [6.07, 6.45) is 0.106. The van der Waals surface area contributed by atoms with E-state index in [1.54, 1.807) is 6.92 Å². The number of amides is 1. The number of nitrogens with one attached hydrogen (secondary N) is 1. The van der Waals surface area contributed by atoms with E-state index in [1.165, 1.54) is 4.90 Å². The molecule has 2 fully saturated rings. The number of nitrogens with zero attached hydrogens (tertiary/aromatic N) is 2. The van der Waals surface area contributed by atoms with Crippen LogP contribution in [-0.4, -0.2) is 56.3 Å². The van der Waals surface area contributed by atoms with Crippen LogP contribution in [0.3, 0.4) is 0 Å². The molecule has 7 nitrogen and oxygen atoms in total. The van der Waals surface area contributed by atoms with Gasteiger partial charge in [-0.15, -0.1) is 0 Å². The monoisotopic (exact) mass is 279 g/mol. The average Bonchev–Trinajstić information content (AvgIpc) is 3.16. The molecule has 0 radical (unpaired) electrons. The Bertz CT molecular complexity index is 598. The van der Waals surface area contributed by atoms with Crippen LogP contribution < -0.4 is 5.56 Å². The van der Waals surface area contributed by atoms with Gasteiger partial charge in [0.05, 0.1) is 17.9 Å². The number of carbonyl (C=O) groups excluding carboxylic acids is 1. The summed E-state index contributed by atoms with van der Waals surface area (Å²) in [5.74, 6) is 0.459. The molecule has 0 spiro atoms. The minimum Gasteiger partial charge on any atom is -0.388 e. The second-order valence-electron chi connectivity index (χ2n) is 5.53. The second-order valence-corrected chi connectivity index (χ2v) is 5.53. The fourth-order valence-electron chi connectivity index (χ4n) is 2.50. The molecule has 0 bridgehead atoms. The van der Waals surface area contributed by atoms with Crippen molar-refractivity contribution in [2.75, 3.05) is 13.1 Å². The number of aliphatic hydroxyl groups excluding tert-OH is 2. The lowest BCUT2D eigenvalue weighted by Gasteiger charge is -2.16. The van der Waals surface area contributed by atoms with Gasteiger partial charge in [0.25, 0.3) is 11.5 Å². The van der Waals surface area contributed by atoms with Crippen LogP contribution in [0.1, 0.15) is 40.6 Å². The number of aromatic amines is 1. The van der Waals surface area contributed by atoms with Gasteiger partial charge in [0, 0.05) is 19.0 Å². The molecule has 2 aliphatic rings. The van der Waals surface area contributed by atoms with Crippen molar-refractivity contribution in [3.63, 3.8) is 0 Å². The Morgan fingerprint density at radius 1 is 1.30 bits per heavy atom. The summed E-state index contributed by atoms with van der Waals surface area (Å²) >= 11 is 0. The summed E-state index contributed by atoms with van der Waals surface area (Å²) in [5.41, 5.74) is -0.0486. The van der Waals surface area contributed by atoms with Crippen molar-refractivity contribution < 1.29 is 15.0 Å². The van der Waals surface area contributed by atoms with Gasteiger partial charge >= 0.3 is 0 Å². The Morgan fingerprint density at radius 2 is 1.90 bits per heavy atom. The standard InChI is InChI=1S/C13H17N3O4/c1-6-10(12(19)15-11(14-6)7-2-3-7)13(20)16-4-8(17)9(18)5-16/h7-9,17-18H,2-5H2,1H3,(H,14,15,19). The van der Waals surface area contributed by atoms with E-state index < -0.39 is 23.7 Å². The molecule has 1 saturated heterocycles. The summed E-state index contributed by atoms with van der Waals surface area (Å²) in [6.45, 7) is 1.70. The van der Waals surface area contributed by atoms with Crippen LogP contribution in [0.5, 0.6) is 0 Å².